The van der Waals surface area contributed by atoms with Gasteiger partial charge >= 0.3 is 5.97 Å². The maximum atomic E-state index is 12.9. The third-order valence-electron chi connectivity index (χ3n) is 5.07. The summed E-state index contributed by atoms with van der Waals surface area (Å²) in [6.45, 7) is 1.24. The van der Waals surface area contributed by atoms with Crippen LogP contribution in [0.15, 0.2) is 65.8 Å². The van der Waals surface area contributed by atoms with Crippen LogP contribution in [0.1, 0.15) is 15.9 Å². The molecule has 32 heavy (non-hydrogen) atoms. The fourth-order valence-corrected chi connectivity index (χ4v) is 4.77. The Morgan fingerprint density at radius 1 is 1.12 bits per heavy atom. The molecule has 1 saturated heterocycles. The molecule has 9 nitrogen and oxygen atoms in total. The summed E-state index contributed by atoms with van der Waals surface area (Å²) in [6.07, 6.45) is 3.52. The van der Waals surface area contributed by atoms with Gasteiger partial charge in [-0.3, -0.25) is 0 Å². The molecule has 2 aromatic carbocycles. The molecule has 1 fully saturated rings. The normalized spacial score (nSPS) is 14.8. The highest BCUT2D eigenvalue weighted by molar-refractivity contribution is 7.89. The van der Waals surface area contributed by atoms with Crippen molar-refractivity contribution in [3.63, 3.8) is 0 Å². The molecule has 10 heteroatoms. The first-order valence-corrected chi connectivity index (χ1v) is 11.4. The zero-order chi connectivity index (χ0) is 22.6. The fourth-order valence-electron chi connectivity index (χ4n) is 3.34. The molecule has 1 aliphatic heterocycles. The van der Waals surface area contributed by atoms with E-state index in [-0.39, 0.29) is 35.9 Å². The Hall–Kier alpha value is -3.21. The second-order valence-corrected chi connectivity index (χ2v) is 9.01. The van der Waals surface area contributed by atoms with E-state index in [1.165, 1.54) is 29.6 Å². The monoisotopic (exact) mass is 457 g/mol. The molecule has 0 atom stereocenters. The molecule has 0 saturated carbocycles. The number of nitrogens with zero attached hydrogens (tertiary/aromatic N) is 3. The van der Waals surface area contributed by atoms with Crippen LogP contribution in [0.5, 0.6) is 5.75 Å². The van der Waals surface area contributed by atoms with Crippen molar-refractivity contribution in [2.45, 2.75) is 11.5 Å². The van der Waals surface area contributed by atoms with Gasteiger partial charge in [-0.05, 0) is 42.0 Å². The van der Waals surface area contributed by atoms with Gasteiger partial charge in [0.2, 0.25) is 10.0 Å². The minimum absolute atomic E-state index is 0.00993. The van der Waals surface area contributed by atoms with E-state index in [1.54, 1.807) is 10.9 Å². The van der Waals surface area contributed by atoms with Crippen LogP contribution in [-0.2, 0) is 26.1 Å². The van der Waals surface area contributed by atoms with Crippen molar-refractivity contribution in [1.29, 1.82) is 0 Å². The van der Waals surface area contributed by atoms with Crippen molar-refractivity contribution in [1.82, 2.24) is 14.1 Å². The van der Waals surface area contributed by atoms with Crippen molar-refractivity contribution in [2.24, 2.45) is 0 Å². The molecule has 4 rings (SSSR count). The van der Waals surface area contributed by atoms with Crippen molar-refractivity contribution >= 4 is 16.0 Å². The van der Waals surface area contributed by atoms with Crippen LogP contribution >= 0.6 is 0 Å². The molecule has 2 heterocycles. The standard InChI is InChI=1S/C22H23N3O6S/c1-29-21-8-7-19(32(27,28)24-11-13-30-14-12-24)15-20(21)22(26)31-16-17-3-5-18(6-4-17)25-10-2-9-23-25/h2-10,15H,11-14,16H2,1H3. The molecule has 1 aromatic heterocycles. The summed E-state index contributed by atoms with van der Waals surface area (Å²) in [5.74, 6) is -0.429. The molecule has 3 aromatic rings. The highest BCUT2D eigenvalue weighted by Crippen LogP contribution is 2.26. The lowest BCUT2D eigenvalue weighted by Crippen LogP contribution is -2.40. The van der Waals surface area contributed by atoms with Crippen LogP contribution < -0.4 is 4.74 Å². The minimum atomic E-state index is -3.75. The molecular formula is C22H23N3O6S. The van der Waals surface area contributed by atoms with E-state index >= 15 is 0 Å². The number of methoxy groups -OCH3 is 1. The molecule has 168 valence electrons. The Balaban J connectivity index is 1.49. The van der Waals surface area contributed by atoms with Crippen molar-refractivity contribution in [3.05, 3.63) is 72.1 Å². The second-order valence-electron chi connectivity index (χ2n) is 7.07. The van der Waals surface area contributed by atoms with Gasteiger partial charge in [0.15, 0.2) is 0 Å². The summed E-state index contributed by atoms with van der Waals surface area (Å²) in [4.78, 5) is 12.8. The van der Waals surface area contributed by atoms with E-state index in [0.29, 0.717) is 13.2 Å². The Labute approximate surface area is 186 Å². The molecule has 0 bridgehead atoms. The van der Waals surface area contributed by atoms with Gasteiger partial charge in [0.25, 0.3) is 0 Å². The Morgan fingerprint density at radius 2 is 1.88 bits per heavy atom. The Kier molecular flexibility index (Phi) is 6.54. The summed E-state index contributed by atoms with van der Waals surface area (Å²) in [7, 11) is -2.34. The molecular weight excluding hydrogens is 434 g/mol. The van der Waals surface area contributed by atoms with Gasteiger partial charge in [0.05, 0.1) is 30.9 Å². The summed E-state index contributed by atoms with van der Waals surface area (Å²) < 4.78 is 44.9. The maximum absolute atomic E-state index is 12.9. The number of carbonyl (C=O) groups excluding carboxylic acids is 1. The number of rotatable bonds is 7. The van der Waals surface area contributed by atoms with Gasteiger partial charge in [0.1, 0.15) is 17.9 Å². The molecule has 0 spiro atoms. The number of sulfonamides is 1. The predicted molar refractivity (Wildman–Crippen MR) is 115 cm³/mol. The van der Waals surface area contributed by atoms with Crippen LogP contribution in [0.3, 0.4) is 0 Å². The first kappa shape index (κ1) is 22.0. The third-order valence-corrected chi connectivity index (χ3v) is 6.97. The first-order valence-electron chi connectivity index (χ1n) is 10.0. The maximum Gasteiger partial charge on any atom is 0.342 e. The number of hydrogen-bond acceptors (Lipinski definition) is 7. The zero-order valence-corrected chi connectivity index (χ0v) is 18.3. The van der Waals surface area contributed by atoms with Crippen molar-refractivity contribution in [2.75, 3.05) is 33.4 Å². The van der Waals surface area contributed by atoms with E-state index in [2.05, 4.69) is 5.10 Å². The van der Waals surface area contributed by atoms with Crippen LogP contribution in [0.25, 0.3) is 5.69 Å². The summed E-state index contributed by atoms with van der Waals surface area (Å²) >= 11 is 0. The summed E-state index contributed by atoms with van der Waals surface area (Å²) in [5, 5.41) is 4.17. The lowest BCUT2D eigenvalue weighted by atomic mass is 10.2. The number of esters is 1. The SMILES string of the molecule is COc1ccc(S(=O)(=O)N2CCOCC2)cc1C(=O)OCc1ccc(-n2cccn2)cc1. The van der Waals surface area contributed by atoms with Crippen molar-refractivity contribution < 1.29 is 27.4 Å². The van der Waals surface area contributed by atoms with E-state index in [4.69, 9.17) is 14.2 Å². The van der Waals surface area contributed by atoms with E-state index < -0.39 is 16.0 Å². The third kappa shape index (κ3) is 4.67. The molecule has 0 N–H and O–H groups in total. The largest absolute Gasteiger partial charge is 0.496 e. The number of aromatic nitrogens is 2. The minimum Gasteiger partial charge on any atom is -0.496 e. The first-order chi connectivity index (χ1) is 15.5. The highest BCUT2D eigenvalue weighted by Gasteiger charge is 2.28. The topological polar surface area (TPSA) is 100.0 Å². The Morgan fingerprint density at radius 3 is 2.53 bits per heavy atom. The second kappa shape index (κ2) is 9.51. The molecule has 1 aliphatic rings. The average molecular weight is 458 g/mol. The summed E-state index contributed by atoms with van der Waals surface area (Å²) in [5.41, 5.74) is 1.72. The molecule has 0 amide bonds. The van der Waals surface area contributed by atoms with Crippen LogP contribution in [0, 0.1) is 0 Å². The van der Waals surface area contributed by atoms with Gasteiger partial charge in [-0.1, -0.05) is 12.1 Å². The van der Waals surface area contributed by atoms with Gasteiger partial charge in [0, 0.05) is 25.5 Å². The molecule has 0 unspecified atom stereocenters. The number of ether oxygens (including phenoxy) is 3. The smallest absolute Gasteiger partial charge is 0.342 e. The lowest BCUT2D eigenvalue weighted by molar-refractivity contribution is 0.0468. The molecule has 0 radical (unpaired) electrons. The fraction of sp³-hybridized carbons (Fsp3) is 0.273. The number of morpholine rings is 1. The van der Waals surface area contributed by atoms with E-state index in [0.717, 1.165) is 11.3 Å². The molecule has 0 aliphatic carbocycles. The van der Waals surface area contributed by atoms with Gasteiger partial charge in [-0.2, -0.15) is 9.40 Å². The lowest BCUT2D eigenvalue weighted by Gasteiger charge is -2.26. The highest BCUT2D eigenvalue weighted by atomic mass is 32.2. The van der Waals surface area contributed by atoms with Gasteiger partial charge in [-0.15, -0.1) is 0 Å². The summed E-state index contributed by atoms with van der Waals surface area (Å²) in [6, 6.07) is 13.4. The average Bonchev–Trinajstić information content (AvgIpc) is 3.38. The van der Waals surface area contributed by atoms with Crippen molar-refractivity contribution in [3.8, 4) is 11.4 Å². The van der Waals surface area contributed by atoms with Gasteiger partial charge < -0.3 is 14.2 Å². The quantitative estimate of drug-likeness (QED) is 0.502. The van der Waals surface area contributed by atoms with Gasteiger partial charge in [-0.25, -0.2) is 17.9 Å². The van der Waals surface area contributed by atoms with E-state index in [9.17, 15) is 13.2 Å². The van der Waals surface area contributed by atoms with Crippen LogP contribution in [-0.4, -0.2) is 61.9 Å². The number of hydrogen-bond donors (Lipinski definition) is 0. The van der Waals surface area contributed by atoms with Crippen LogP contribution in [0.4, 0.5) is 0 Å². The van der Waals surface area contributed by atoms with E-state index in [1.807, 2.05) is 36.5 Å². The zero-order valence-electron chi connectivity index (χ0n) is 17.5. The number of benzene rings is 2. The number of carbonyl (C=O) groups is 1. The predicted octanol–water partition coefficient (Wildman–Crippen LogP) is 2.26. The van der Waals surface area contributed by atoms with Crippen LogP contribution in [0.2, 0.25) is 0 Å². The Bertz CT molecular complexity index is 1170.